The van der Waals surface area contributed by atoms with Gasteiger partial charge in [-0.15, -0.1) is 0 Å². The molecule has 156 valence electrons. The summed E-state index contributed by atoms with van der Waals surface area (Å²) in [6, 6.07) is 15.8. The van der Waals surface area contributed by atoms with E-state index in [1.807, 2.05) is 23.5 Å². The lowest BCUT2D eigenvalue weighted by Crippen LogP contribution is -2.36. The third-order valence-corrected chi connectivity index (χ3v) is 4.10. The van der Waals surface area contributed by atoms with Gasteiger partial charge in [-0.1, -0.05) is 24.3 Å². The Bertz CT molecular complexity index is 1240. The number of carbonyl (C=O) groups is 2. The summed E-state index contributed by atoms with van der Waals surface area (Å²) in [4.78, 5) is 42.6. The van der Waals surface area contributed by atoms with Crippen molar-refractivity contribution in [1.82, 2.24) is 15.3 Å². The van der Waals surface area contributed by atoms with Crippen LogP contribution in [0.25, 0.3) is 11.0 Å². The molecule has 0 saturated heterocycles. The van der Waals surface area contributed by atoms with E-state index in [1.54, 1.807) is 43.3 Å². The maximum atomic E-state index is 12.2. The van der Waals surface area contributed by atoms with Crippen molar-refractivity contribution in [2.75, 3.05) is 12.0 Å². The minimum atomic E-state index is -0.980. The van der Waals surface area contributed by atoms with Crippen LogP contribution in [-0.2, 0) is 16.0 Å². The van der Waals surface area contributed by atoms with Gasteiger partial charge in [0.05, 0.1) is 23.3 Å². The fourth-order valence-corrected chi connectivity index (χ4v) is 2.64. The number of H-pyrrole nitrogens is 1. The van der Waals surface area contributed by atoms with Crippen LogP contribution in [0.3, 0.4) is 0 Å². The van der Waals surface area contributed by atoms with Gasteiger partial charge in [-0.25, -0.2) is 9.78 Å². The number of nitrogens with zero attached hydrogens (tertiary/aromatic N) is 3. The van der Waals surface area contributed by atoms with Crippen molar-refractivity contribution in [1.29, 1.82) is 5.26 Å². The lowest BCUT2D eigenvalue weighted by Gasteiger charge is -2.06. The molecule has 2 amide bonds. The first kappa shape index (κ1) is 21.2. The van der Waals surface area contributed by atoms with E-state index in [2.05, 4.69) is 25.2 Å². The molecule has 0 aliphatic heterocycles. The maximum Gasteiger partial charge on any atom is 0.414 e. The van der Waals surface area contributed by atoms with Crippen molar-refractivity contribution in [3.8, 4) is 6.07 Å². The summed E-state index contributed by atoms with van der Waals surface area (Å²) in [6.07, 6.45) is -0.633. The third-order valence-electron chi connectivity index (χ3n) is 4.10. The summed E-state index contributed by atoms with van der Waals surface area (Å²) in [6.45, 7) is 1.67. The number of para-hydroxylation sites is 2. The molecule has 1 aromatic heterocycles. The van der Waals surface area contributed by atoms with Gasteiger partial charge in [-0.2, -0.15) is 10.4 Å². The molecule has 3 rings (SSSR count). The fraction of sp³-hybridized carbons (Fsp3) is 0.143. The number of hydrogen-bond donors (Lipinski definition) is 3. The standard InChI is InChI=1S/C21H18N6O4/c1-2-31-21(30)25-20(29)18(12-22)27-26-14-9-7-13(8-10-14)11-17-19(28)24-16-6-4-3-5-15(16)23-17/h3-10,26H,2,11H2,1H3,(H,24,28)(H,25,29,30)/b27-18+. The summed E-state index contributed by atoms with van der Waals surface area (Å²) < 4.78 is 4.58. The molecular formula is C21H18N6O4. The molecule has 10 heteroatoms. The average molecular weight is 418 g/mol. The van der Waals surface area contributed by atoms with Crippen molar-refractivity contribution in [3.05, 3.63) is 70.1 Å². The number of fused-ring (bicyclic) bond motifs is 1. The Morgan fingerprint density at radius 3 is 2.65 bits per heavy atom. The molecule has 0 spiro atoms. The summed E-state index contributed by atoms with van der Waals surface area (Å²) in [7, 11) is 0. The molecule has 0 fully saturated rings. The number of benzene rings is 2. The SMILES string of the molecule is CCOC(=O)NC(=O)/C(C#N)=N/Nc1ccc(Cc2nc3ccccc3[nH]c2=O)cc1. The predicted octanol–water partition coefficient (Wildman–Crippen LogP) is 2.08. The van der Waals surface area contributed by atoms with Gasteiger partial charge in [0.2, 0.25) is 5.71 Å². The van der Waals surface area contributed by atoms with Crippen LogP contribution in [0, 0.1) is 11.3 Å². The van der Waals surface area contributed by atoms with E-state index >= 15 is 0 Å². The first-order valence-electron chi connectivity index (χ1n) is 9.29. The van der Waals surface area contributed by atoms with Crippen LogP contribution in [0.4, 0.5) is 10.5 Å². The minimum Gasteiger partial charge on any atom is -0.450 e. The average Bonchev–Trinajstić information content (AvgIpc) is 2.76. The molecule has 10 nitrogen and oxygen atoms in total. The highest BCUT2D eigenvalue weighted by molar-refractivity contribution is 6.46. The van der Waals surface area contributed by atoms with Gasteiger partial charge >= 0.3 is 6.09 Å². The van der Waals surface area contributed by atoms with E-state index in [9.17, 15) is 14.4 Å². The number of rotatable bonds is 6. The molecule has 0 saturated carbocycles. The van der Waals surface area contributed by atoms with Gasteiger partial charge in [0.25, 0.3) is 11.5 Å². The molecule has 0 radical (unpaired) electrons. The van der Waals surface area contributed by atoms with E-state index < -0.39 is 17.7 Å². The number of hydrazone groups is 1. The zero-order chi connectivity index (χ0) is 22.2. The number of amides is 2. The highest BCUT2D eigenvalue weighted by Gasteiger charge is 2.15. The number of aromatic amines is 1. The Morgan fingerprint density at radius 2 is 1.94 bits per heavy atom. The van der Waals surface area contributed by atoms with Gasteiger partial charge < -0.3 is 9.72 Å². The zero-order valence-corrected chi connectivity index (χ0v) is 16.5. The maximum absolute atomic E-state index is 12.2. The van der Waals surface area contributed by atoms with E-state index in [0.717, 1.165) is 5.56 Å². The molecule has 31 heavy (non-hydrogen) atoms. The van der Waals surface area contributed by atoms with E-state index in [0.29, 0.717) is 28.8 Å². The largest absolute Gasteiger partial charge is 0.450 e. The molecule has 0 atom stereocenters. The van der Waals surface area contributed by atoms with E-state index in [-0.39, 0.29) is 12.2 Å². The molecule has 1 heterocycles. The number of carbonyl (C=O) groups excluding carboxylic acids is 2. The van der Waals surface area contributed by atoms with Crippen LogP contribution in [0.15, 0.2) is 58.4 Å². The van der Waals surface area contributed by atoms with E-state index in [1.165, 1.54) is 0 Å². The second-order valence-electron chi connectivity index (χ2n) is 6.26. The van der Waals surface area contributed by atoms with Crippen LogP contribution < -0.4 is 16.3 Å². The topological polar surface area (TPSA) is 149 Å². The normalized spacial score (nSPS) is 10.9. The van der Waals surface area contributed by atoms with Crippen molar-refractivity contribution in [2.45, 2.75) is 13.3 Å². The lowest BCUT2D eigenvalue weighted by atomic mass is 10.1. The number of ether oxygens (including phenoxy) is 1. The number of nitrogens with one attached hydrogen (secondary N) is 3. The molecule has 0 unspecified atom stereocenters. The minimum absolute atomic E-state index is 0.0866. The van der Waals surface area contributed by atoms with Crippen LogP contribution in [0.1, 0.15) is 18.2 Å². The second-order valence-corrected chi connectivity index (χ2v) is 6.26. The fourth-order valence-electron chi connectivity index (χ4n) is 2.64. The Morgan fingerprint density at radius 1 is 1.19 bits per heavy atom. The van der Waals surface area contributed by atoms with Gasteiger partial charge in [-0.3, -0.25) is 20.3 Å². The quantitative estimate of drug-likeness (QED) is 0.410. The number of hydrogen-bond acceptors (Lipinski definition) is 8. The molecule has 3 N–H and O–H groups in total. The number of alkyl carbamates (subject to hydrolysis) is 1. The van der Waals surface area contributed by atoms with Crippen LogP contribution in [-0.4, -0.2) is 34.3 Å². The van der Waals surface area contributed by atoms with Crippen LogP contribution >= 0.6 is 0 Å². The summed E-state index contributed by atoms with van der Waals surface area (Å²) in [5.74, 6) is -0.980. The molecular weight excluding hydrogens is 400 g/mol. The van der Waals surface area contributed by atoms with E-state index in [4.69, 9.17) is 5.26 Å². The third kappa shape index (κ3) is 5.51. The lowest BCUT2D eigenvalue weighted by molar-refractivity contribution is -0.114. The van der Waals surface area contributed by atoms with Crippen molar-refractivity contribution in [3.63, 3.8) is 0 Å². The number of anilines is 1. The monoisotopic (exact) mass is 418 g/mol. The first-order valence-corrected chi connectivity index (χ1v) is 9.29. The molecule has 2 aromatic carbocycles. The second kappa shape index (κ2) is 9.80. The van der Waals surface area contributed by atoms with Gasteiger partial charge in [0, 0.05) is 6.42 Å². The number of imide groups is 1. The van der Waals surface area contributed by atoms with Crippen LogP contribution in [0.5, 0.6) is 0 Å². The summed E-state index contributed by atoms with van der Waals surface area (Å²) >= 11 is 0. The highest BCUT2D eigenvalue weighted by atomic mass is 16.5. The van der Waals surface area contributed by atoms with Crippen molar-refractivity contribution >= 4 is 34.4 Å². The summed E-state index contributed by atoms with van der Waals surface area (Å²) in [5, 5.41) is 14.6. The van der Waals surface area contributed by atoms with Gasteiger partial charge in [0.1, 0.15) is 11.8 Å². The van der Waals surface area contributed by atoms with Crippen LogP contribution in [0.2, 0.25) is 0 Å². The molecule has 0 aliphatic rings. The van der Waals surface area contributed by atoms with Gasteiger partial charge in [0.15, 0.2) is 0 Å². The Hall–Kier alpha value is -4.52. The molecule has 0 aliphatic carbocycles. The highest BCUT2D eigenvalue weighted by Crippen LogP contribution is 2.13. The Labute approximate surface area is 176 Å². The van der Waals surface area contributed by atoms with Gasteiger partial charge in [-0.05, 0) is 36.8 Å². The Kier molecular flexibility index (Phi) is 6.70. The smallest absolute Gasteiger partial charge is 0.414 e. The zero-order valence-electron chi connectivity index (χ0n) is 16.5. The summed E-state index contributed by atoms with van der Waals surface area (Å²) in [5.41, 5.74) is 4.89. The first-order chi connectivity index (χ1) is 15.0. The predicted molar refractivity (Wildman–Crippen MR) is 113 cm³/mol. The van der Waals surface area contributed by atoms with Crippen molar-refractivity contribution in [2.24, 2.45) is 5.10 Å². The number of aromatic nitrogens is 2. The number of nitriles is 1. The molecule has 3 aromatic rings. The van der Waals surface area contributed by atoms with Crippen molar-refractivity contribution < 1.29 is 14.3 Å². The molecule has 0 bridgehead atoms. The Balaban J connectivity index is 1.67.